The first kappa shape index (κ1) is 19.5. The Hall–Kier alpha value is -1.79. The van der Waals surface area contributed by atoms with E-state index in [4.69, 9.17) is 9.41 Å². The minimum absolute atomic E-state index is 0.771. The molecule has 2 aromatic rings. The van der Waals surface area contributed by atoms with E-state index in [2.05, 4.69) is 32.6 Å². The second kappa shape index (κ2) is 10.1. The van der Waals surface area contributed by atoms with Crippen molar-refractivity contribution >= 4 is 17.3 Å². The highest BCUT2D eigenvalue weighted by Crippen LogP contribution is 2.20. The fourth-order valence-corrected chi connectivity index (χ4v) is 4.95. The van der Waals surface area contributed by atoms with Crippen molar-refractivity contribution in [2.24, 2.45) is 10.9 Å². The van der Waals surface area contributed by atoms with Crippen LogP contribution in [0.4, 0.5) is 0 Å². The SMILES string of the molecule is c1coc(CCNC(=NCCc2cccs2)N2CCC(CN3CCCC3)C2)c1. The van der Waals surface area contributed by atoms with Crippen LogP contribution in [-0.4, -0.2) is 61.6 Å². The molecule has 28 heavy (non-hydrogen) atoms. The largest absolute Gasteiger partial charge is 0.469 e. The lowest BCUT2D eigenvalue weighted by Gasteiger charge is -2.23. The van der Waals surface area contributed by atoms with E-state index in [1.165, 1.54) is 43.8 Å². The normalized spacial score (nSPS) is 20.9. The van der Waals surface area contributed by atoms with Crippen LogP contribution < -0.4 is 5.32 Å². The smallest absolute Gasteiger partial charge is 0.193 e. The van der Waals surface area contributed by atoms with Crippen molar-refractivity contribution in [1.82, 2.24) is 15.1 Å². The van der Waals surface area contributed by atoms with Gasteiger partial charge in [-0.2, -0.15) is 0 Å². The lowest BCUT2D eigenvalue weighted by Crippen LogP contribution is -2.41. The summed E-state index contributed by atoms with van der Waals surface area (Å²) < 4.78 is 5.46. The first-order chi connectivity index (χ1) is 13.9. The number of nitrogens with one attached hydrogen (secondary N) is 1. The maximum absolute atomic E-state index is 5.46. The monoisotopic (exact) mass is 400 g/mol. The Kier molecular flexibility index (Phi) is 7.06. The van der Waals surface area contributed by atoms with Gasteiger partial charge in [0.05, 0.1) is 6.26 Å². The van der Waals surface area contributed by atoms with Gasteiger partial charge in [-0.25, -0.2) is 0 Å². The lowest BCUT2D eigenvalue weighted by molar-refractivity contribution is 0.281. The zero-order valence-corrected chi connectivity index (χ0v) is 17.5. The molecule has 0 amide bonds. The molecule has 4 heterocycles. The van der Waals surface area contributed by atoms with Gasteiger partial charge < -0.3 is 19.5 Å². The molecular formula is C22H32N4OS. The molecule has 1 atom stereocenters. The average Bonchev–Trinajstić information content (AvgIpc) is 3.49. The van der Waals surface area contributed by atoms with Crippen LogP contribution in [0.2, 0.25) is 0 Å². The second-order valence-corrected chi connectivity index (χ2v) is 8.93. The van der Waals surface area contributed by atoms with Crippen molar-refractivity contribution in [1.29, 1.82) is 0 Å². The van der Waals surface area contributed by atoms with E-state index in [0.717, 1.165) is 56.7 Å². The average molecular weight is 401 g/mol. The van der Waals surface area contributed by atoms with E-state index < -0.39 is 0 Å². The lowest BCUT2D eigenvalue weighted by atomic mass is 10.1. The van der Waals surface area contributed by atoms with Gasteiger partial charge in [0.2, 0.25) is 0 Å². The Morgan fingerprint density at radius 2 is 2.11 bits per heavy atom. The van der Waals surface area contributed by atoms with Crippen molar-refractivity contribution in [3.63, 3.8) is 0 Å². The molecule has 2 aromatic heterocycles. The molecule has 0 spiro atoms. The Labute approximate surface area is 172 Å². The van der Waals surface area contributed by atoms with Gasteiger partial charge in [-0.3, -0.25) is 4.99 Å². The van der Waals surface area contributed by atoms with E-state index in [-0.39, 0.29) is 0 Å². The molecule has 2 aliphatic rings. The summed E-state index contributed by atoms with van der Waals surface area (Å²) in [5.74, 6) is 2.87. The van der Waals surface area contributed by atoms with Crippen LogP contribution in [0.25, 0.3) is 0 Å². The predicted molar refractivity (Wildman–Crippen MR) is 116 cm³/mol. The Bertz CT molecular complexity index is 707. The molecule has 0 saturated carbocycles. The van der Waals surface area contributed by atoms with Crippen molar-refractivity contribution in [2.75, 3.05) is 45.8 Å². The summed E-state index contributed by atoms with van der Waals surface area (Å²) in [4.78, 5) is 11.5. The molecule has 2 saturated heterocycles. The molecule has 0 bridgehead atoms. The zero-order valence-electron chi connectivity index (χ0n) is 16.7. The highest BCUT2D eigenvalue weighted by atomic mass is 32.1. The van der Waals surface area contributed by atoms with Crippen molar-refractivity contribution in [3.8, 4) is 0 Å². The Morgan fingerprint density at radius 1 is 1.18 bits per heavy atom. The molecule has 2 fully saturated rings. The number of hydrogen-bond acceptors (Lipinski definition) is 4. The van der Waals surface area contributed by atoms with E-state index >= 15 is 0 Å². The number of hydrogen-bond donors (Lipinski definition) is 1. The van der Waals surface area contributed by atoms with Crippen molar-refractivity contribution < 1.29 is 4.42 Å². The Morgan fingerprint density at radius 3 is 2.89 bits per heavy atom. The van der Waals surface area contributed by atoms with E-state index in [1.54, 1.807) is 6.26 Å². The van der Waals surface area contributed by atoms with Crippen LogP contribution in [0.15, 0.2) is 45.3 Å². The van der Waals surface area contributed by atoms with Crippen LogP contribution in [0.5, 0.6) is 0 Å². The molecular weight excluding hydrogens is 368 g/mol. The molecule has 0 radical (unpaired) electrons. The highest BCUT2D eigenvalue weighted by Gasteiger charge is 2.27. The van der Waals surface area contributed by atoms with Gasteiger partial charge in [0.25, 0.3) is 0 Å². The summed E-state index contributed by atoms with van der Waals surface area (Å²) in [5, 5.41) is 5.74. The highest BCUT2D eigenvalue weighted by molar-refractivity contribution is 7.09. The van der Waals surface area contributed by atoms with Crippen molar-refractivity contribution in [3.05, 3.63) is 46.5 Å². The summed E-state index contributed by atoms with van der Waals surface area (Å²) in [5.41, 5.74) is 0. The zero-order chi connectivity index (χ0) is 19.0. The predicted octanol–water partition coefficient (Wildman–Crippen LogP) is 3.49. The standard InChI is InChI=1S/C22H32N4OS/c1-2-13-25(12-1)17-19-9-14-26(18-19)22(23-10-7-20-5-3-15-27-20)24-11-8-21-6-4-16-28-21/h3-6,15-16,19H,1-2,7-14,17-18H2,(H,23,24). The van der Waals surface area contributed by atoms with Gasteiger partial charge in [-0.05, 0) is 61.8 Å². The summed E-state index contributed by atoms with van der Waals surface area (Å²) in [6.07, 6.45) is 7.68. The van der Waals surface area contributed by atoms with Gasteiger partial charge in [-0.1, -0.05) is 6.07 Å². The van der Waals surface area contributed by atoms with Crippen LogP contribution in [0, 0.1) is 5.92 Å². The molecule has 2 aliphatic heterocycles. The third-order valence-corrected chi connectivity index (χ3v) is 6.67. The molecule has 0 aromatic carbocycles. The summed E-state index contributed by atoms with van der Waals surface area (Å²) >= 11 is 1.82. The Balaban J connectivity index is 1.31. The molecule has 4 rings (SSSR count). The van der Waals surface area contributed by atoms with Crippen LogP contribution >= 0.6 is 11.3 Å². The number of guanidine groups is 1. The van der Waals surface area contributed by atoms with Gasteiger partial charge >= 0.3 is 0 Å². The minimum atomic E-state index is 0.771. The van der Waals surface area contributed by atoms with Crippen LogP contribution in [0.3, 0.4) is 0 Å². The quantitative estimate of drug-likeness (QED) is 0.544. The number of furan rings is 1. The number of likely N-dealkylation sites (tertiary alicyclic amines) is 2. The van der Waals surface area contributed by atoms with E-state index in [0.29, 0.717) is 0 Å². The van der Waals surface area contributed by atoms with Crippen LogP contribution in [0.1, 0.15) is 29.9 Å². The second-order valence-electron chi connectivity index (χ2n) is 7.90. The number of thiophene rings is 1. The molecule has 1 unspecified atom stereocenters. The third kappa shape index (κ3) is 5.61. The van der Waals surface area contributed by atoms with E-state index in [1.807, 2.05) is 23.5 Å². The molecule has 152 valence electrons. The third-order valence-electron chi connectivity index (χ3n) is 5.73. The number of nitrogens with zero attached hydrogens (tertiary/aromatic N) is 3. The maximum atomic E-state index is 5.46. The fraction of sp³-hybridized carbons (Fsp3) is 0.591. The summed E-state index contributed by atoms with van der Waals surface area (Å²) in [6, 6.07) is 8.31. The van der Waals surface area contributed by atoms with Gasteiger partial charge in [0, 0.05) is 50.4 Å². The molecule has 1 N–H and O–H groups in total. The van der Waals surface area contributed by atoms with Crippen molar-refractivity contribution in [2.45, 2.75) is 32.1 Å². The minimum Gasteiger partial charge on any atom is -0.469 e. The molecule has 6 heteroatoms. The maximum Gasteiger partial charge on any atom is 0.193 e. The fourth-order valence-electron chi connectivity index (χ4n) is 4.25. The number of rotatable bonds is 8. The molecule has 5 nitrogen and oxygen atoms in total. The van der Waals surface area contributed by atoms with Gasteiger partial charge in [-0.15, -0.1) is 11.3 Å². The molecule has 0 aliphatic carbocycles. The van der Waals surface area contributed by atoms with Gasteiger partial charge in [0.15, 0.2) is 5.96 Å². The first-order valence-electron chi connectivity index (χ1n) is 10.7. The summed E-state index contributed by atoms with van der Waals surface area (Å²) in [6.45, 7) is 7.78. The van der Waals surface area contributed by atoms with E-state index in [9.17, 15) is 0 Å². The first-order valence-corrected chi connectivity index (χ1v) is 11.5. The van der Waals surface area contributed by atoms with Crippen LogP contribution in [-0.2, 0) is 12.8 Å². The topological polar surface area (TPSA) is 44.0 Å². The number of aliphatic imine (C=N–C) groups is 1. The van der Waals surface area contributed by atoms with Gasteiger partial charge in [0.1, 0.15) is 5.76 Å². The summed E-state index contributed by atoms with van der Waals surface area (Å²) in [7, 11) is 0.